The summed E-state index contributed by atoms with van der Waals surface area (Å²) in [5, 5.41) is 9.08. The first-order chi connectivity index (χ1) is 9.38. The van der Waals surface area contributed by atoms with E-state index in [0.29, 0.717) is 5.02 Å². The lowest BCUT2D eigenvalue weighted by atomic mass is 10.2. The number of nitrogens with one attached hydrogen (secondary N) is 1. The molecule has 2 aromatic carbocycles. The van der Waals surface area contributed by atoms with Gasteiger partial charge < -0.3 is 5.11 Å². The van der Waals surface area contributed by atoms with E-state index in [4.69, 9.17) is 16.7 Å². The molecule has 0 unspecified atom stereocenters. The third kappa shape index (κ3) is 3.28. The molecule has 0 saturated heterocycles. The first kappa shape index (κ1) is 14.4. The summed E-state index contributed by atoms with van der Waals surface area (Å²) < 4.78 is 26.5. The summed E-state index contributed by atoms with van der Waals surface area (Å²) in [4.78, 5) is 10.7. The van der Waals surface area contributed by atoms with Crippen molar-refractivity contribution < 1.29 is 18.3 Å². The largest absolute Gasteiger partial charge is 0.478 e. The lowest BCUT2D eigenvalue weighted by Gasteiger charge is -2.08. The van der Waals surface area contributed by atoms with E-state index < -0.39 is 16.0 Å². The number of hydrogen-bond donors (Lipinski definition) is 2. The molecule has 2 aromatic rings. The van der Waals surface area contributed by atoms with Crippen molar-refractivity contribution in [2.45, 2.75) is 4.90 Å². The average molecular weight is 312 g/mol. The average Bonchev–Trinajstić information content (AvgIpc) is 2.39. The summed E-state index contributed by atoms with van der Waals surface area (Å²) in [6, 6.07) is 11.2. The Labute approximate surface area is 120 Å². The molecule has 0 aromatic heterocycles. The van der Waals surface area contributed by atoms with Crippen LogP contribution in [0.5, 0.6) is 0 Å². The van der Waals surface area contributed by atoms with Crippen LogP contribution in [0.15, 0.2) is 53.4 Å². The molecule has 104 valence electrons. The van der Waals surface area contributed by atoms with E-state index in [1.54, 1.807) is 6.07 Å². The fraction of sp³-hybridized carbons (Fsp3) is 0. The maximum atomic E-state index is 12.1. The summed E-state index contributed by atoms with van der Waals surface area (Å²) in [7, 11) is -3.75. The number of halogens is 1. The quantitative estimate of drug-likeness (QED) is 0.909. The van der Waals surface area contributed by atoms with Crippen LogP contribution in [0, 0.1) is 0 Å². The highest BCUT2D eigenvalue weighted by Crippen LogP contribution is 2.19. The van der Waals surface area contributed by atoms with Crippen molar-refractivity contribution in [2.24, 2.45) is 0 Å². The van der Waals surface area contributed by atoms with Gasteiger partial charge in [-0.25, -0.2) is 13.2 Å². The number of benzene rings is 2. The molecule has 0 aliphatic heterocycles. The van der Waals surface area contributed by atoms with Gasteiger partial charge in [-0.05, 0) is 42.5 Å². The molecule has 0 heterocycles. The van der Waals surface area contributed by atoms with Gasteiger partial charge in [-0.1, -0.05) is 17.7 Å². The summed E-state index contributed by atoms with van der Waals surface area (Å²) in [6.45, 7) is 0. The molecule has 7 heteroatoms. The topological polar surface area (TPSA) is 83.5 Å². The number of aromatic carboxylic acids is 1. The summed E-state index contributed by atoms with van der Waals surface area (Å²) in [5.74, 6) is -1.07. The van der Waals surface area contributed by atoms with Crippen LogP contribution in [-0.4, -0.2) is 19.5 Å². The maximum Gasteiger partial charge on any atom is 0.335 e. The Morgan fingerprint density at radius 3 is 2.30 bits per heavy atom. The molecule has 0 bridgehead atoms. The predicted molar refractivity (Wildman–Crippen MR) is 75.7 cm³/mol. The molecule has 0 atom stereocenters. The van der Waals surface area contributed by atoms with Crippen molar-refractivity contribution in [1.82, 2.24) is 0 Å². The molecule has 0 fully saturated rings. The first-order valence-electron chi connectivity index (χ1n) is 5.50. The van der Waals surface area contributed by atoms with Gasteiger partial charge in [-0.2, -0.15) is 0 Å². The third-order valence-electron chi connectivity index (χ3n) is 2.49. The molecule has 0 amide bonds. The molecule has 0 saturated carbocycles. The maximum absolute atomic E-state index is 12.1. The highest BCUT2D eigenvalue weighted by molar-refractivity contribution is 7.92. The van der Waals surface area contributed by atoms with E-state index in [1.165, 1.54) is 42.5 Å². The number of sulfonamides is 1. The van der Waals surface area contributed by atoms with Crippen LogP contribution in [0.25, 0.3) is 0 Å². The van der Waals surface area contributed by atoms with Gasteiger partial charge in [-0.3, -0.25) is 4.72 Å². The fourth-order valence-electron chi connectivity index (χ4n) is 1.53. The summed E-state index contributed by atoms with van der Waals surface area (Å²) in [6.07, 6.45) is 0. The minimum atomic E-state index is -3.75. The highest BCUT2D eigenvalue weighted by atomic mass is 35.5. The Morgan fingerprint density at radius 1 is 1.10 bits per heavy atom. The molecular weight excluding hydrogens is 302 g/mol. The second kappa shape index (κ2) is 5.52. The Kier molecular flexibility index (Phi) is 3.96. The van der Waals surface area contributed by atoms with Gasteiger partial charge in [0, 0.05) is 10.7 Å². The van der Waals surface area contributed by atoms with Gasteiger partial charge in [-0.15, -0.1) is 0 Å². The molecule has 0 spiro atoms. The standard InChI is InChI=1S/C13H10ClNO4S/c14-10-2-1-3-12(8-10)20(18,19)15-11-6-4-9(5-7-11)13(16)17/h1-8,15H,(H,16,17). The van der Waals surface area contributed by atoms with Crippen LogP contribution in [0.3, 0.4) is 0 Å². The van der Waals surface area contributed by atoms with E-state index >= 15 is 0 Å². The zero-order valence-electron chi connectivity index (χ0n) is 10.1. The lowest BCUT2D eigenvalue weighted by Crippen LogP contribution is -2.13. The predicted octanol–water partition coefficient (Wildman–Crippen LogP) is 2.84. The minimum Gasteiger partial charge on any atom is -0.478 e. The molecule has 2 N–H and O–H groups in total. The van der Waals surface area contributed by atoms with E-state index in [1.807, 2.05) is 0 Å². The van der Waals surface area contributed by atoms with Crippen LogP contribution < -0.4 is 4.72 Å². The van der Waals surface area contributed by atoms with E-state index in [-0.39, 0.29) is 16.1 Å². The summed E-state index contributed by atoms with van der Waals surface area (Å²) >= 11 is 5.75. The van der Waals surface area contributed by atoms with Crippen LogP contribution in [-0.2, 0) is 10.0 Å². The number of carboxylic acid groups (broad SMARTS) is 1. The normalized spacial score (nSPS) is 11.1. The van der Waals surface area contributed by atoms with E-state index in [9.17, 15) is 13.2 Å². The zero-order chi connectivity index (χ0) is 14.8. The Balaban J connectivity index is 2.26. The van der Waals surface area contributed by atoms with Gasteiger partial charge >= 0.3 is 5.97 Å². The fourth-order valence-corrected chi connectivity index (χ4v) is 2.89. The van der Waals surface area contributed by atoms with Crippen molar-refractivity contribution >= 4 is 33.3 Å². The number of carbonyl (C=O) groups is 1. The Morgan fingerprint density at radius 2 is 1.75 bits per heavy atom. The van der Waals surface area contributed by atoms with Crippen molar-refractivity contribution in [3.63, 3.8) is 0 Å². The number of hydrogen-bond acceptors (Lipinski definition) is 3. The molecule has 0 aliphatic carbocycles. The Hall–Kier alpha value is -2.05. The van der Waals surface area contributed by atoms with E-state index in [0.717, 1.165) is 0 Å². The SMILES string of the molecule is O=C(O)c1ccc(NS(=O)(=O)c2cccc(Cl)c2)cc1. The molecular formula is C13H10ClNO4S. The third-order valence-corrected chi connectivity index (χ3v) is 4.10. The van der Waals surface area contributed by atoms with Crippen LogP contribution in [0.1, 0.15) is 10.4 Å². The lowest BCUT2D eigenvalue weighted by molar-refractivity contribution is 0.0697. The minimum absolute atomic E-state index is 0.0345. The van der Waals surface area contributed by atoms with Crippen molar-refractivity contribution in [1.29, 1.82) is 0 Å². The van der Waals surface area contributed by atoms with Crippen molar-refractivity contribution in [3.05, 3.63) is 59.1 Å². The molecule has 0 radical (unpaired) electrons. The van der Waals surface area contributed by atoms with Crippen molar-refractivity contribution in [3.8, 4) is 0 Å². The van der Waals surface area contributed by atoms with Gasteiger partial charge in [0.25, 0.3) is 10.0 Å². The van der Waals surface area contributed by atoms with Crippen LogP contribution in [0.2, 0.25) is 5.02 Å². The molecule has 2 rings (SSSR count). The second-order valence-corrected chi connectivity index (χ2v) is 6.06. The molecule has 20 heavy (non-hydrogen) atoms. The smallest absolute Gasteiger partial charge is 0.335 e. The molecule has 5 nitrogen and oxygen atoms in total. The van der Waals surface area contributed by atoms with Crippen LogP contribution in [0.4, 0.5) is 5.69 Å². The number of rotatable bonds is 4. The number of anilines is 1. The Bertz CT molecular complexity index is 741. The zero-order valence-corrected chi connectivity index (χ0v) is 11.6. The van der Waals surface area contributed by atoms with E-state index in [2.05, 4.69) is 4.72 Å². The van der Waals surface area contributed by atoms with Gasteiger partial charge in [0.2, 0.25) is 0 Å². The summed E-state index contributed by atoms with van der Waals surface area (Å²) in [5.41, 5.74) is 0.352. The van der Waals surface area contributed by atoms with Crippen LogP contribution >= 0.6 is 11.6 Å². The van der Waals surface area contributed by atoms with Gasteiger partial charge in [0.15, 0.2) is 0 Å². The highest BCUT2D eigenvalue weighted by Gasteiger charge is 2.14. The number of carboxylic acids is 1. The van der Waals surface area contributed by atoms with Gasteiger partial charge in [0.05, 0.1) is 10.5 Å². The first-order valence-corrected chi connectivity index (χ1v) is 7.36. The van der Waals surface area contributed by atoms with Crippen molar-refractivity contribution in [2.75, 3.05) is 4.72 Å². The van der Waals surface area contributed by atoms with Gasteiger partial charge in [0.1, 0.15) is 0 Å². The monoisotopic (exact) mass is 311 g/mol. The second-order valence-electron chi connectivity index (χ2n) is 3.95. The molecule has 0 aliphatic rings.